The normalized spacial score (nSPS) is 19.9. The molecule has 0 aromatic rings. The SMILES string of the molecule is CC(=O)N1CNCNC1. The minimum absolute atomic E-state index is 0.106. The summed E-state index contributed by atoms with van der Waals surface area (Å²) < 4.78 is 0. The van der Waals surface area contributed by atoms with Gasteiger partial charge in [-0.05, 0) is 0 Å². The highest BCUT2D eigenvalue weighted by Gasteiger charge is 2.09. The summed E-state index contributed by atoms with van der Waals surface area (Å²) in [6.07, 6.45) is 0. The van der Waals surface area contributed by atoms with Gasteiger partial charge in [-0.15, -0.1) is 0 Å². The number of hydrogen-bond donors (Lipinski definition) is 2. The molecule has 0 aromatic heterocycles. The van der Waals surface area contributed by atoms with Crippen molar-refractivity contribution in [2.45, 2.75) is 6.92 Å². The summed E-state index contributed by atoms with van der Waals surface area (Å²) in [6, 6.07) is 0. The quantitative estimate of drug-likeness (QED) is 0.436. The van der Waals surface area contributed by atoms with Gasteiger partial charge in [0.25, 0.3) is 0 Å². The summed E-state index contributed by atoms with van der Waals surface area (Å²) in [7, 11) is 0. The van der Waals surface area contributed by atoms with Crippen LogP contribution in [0, 0.1) is 0 Å². The fourth-order valence-electron chi connectivity index (χ4n) is 0.749. The van der Waals surface area contributed by atoms with Crippen molar-refractivity contribution in [1.29, 1.82) is 0 Å². The summed E-state index contributed by atoms with van der Waals surface area (Å²) in [5.74, 6) is 0.106. The number of hydrogen-bond acceptors (Lipinski definition) is 3. The van der Waals surface area contributed by atoms with Crippen molar-refractivity contribution in [3.05, 3.63) is 0 Å². The van der Waals surface area contributed by atoms with Crippen molar-refractivity contribution in [3.63, 3.8) is 0 Å². The molecular formula is C5H11N3O. The Morgan fingerprint density at radius 1 is 1.44 bits per heavy atom. The van der Waals surface area contributed by atoms with E-state index in [0.717, 1.165) is 6.67 Å². The van der Waals surface area contributed by atoms with Crippen LogP contribution in [0.5, 0.6) is 0 Å². The monoisotopic (exact) mass is 129 g/mol. The zero-order valence-corrected chi connectivity index (χ0v) is 5.48. The van der Waals surface area contributed by atoms with Crippen molar-refractivity contribution in [2.75, 3.05) is 20.0 Å². The number of nitrogens with zero attached hydrogens (tertiary/aromatic N) is 1. The molecule has 0 aromatic carbocycles. The van der Waals surface area contributed by atoms with Gasteiger partial charge in [-0.1, -0.05) is 0 Å². The number of carbonyl (C=O) groups is 1. The zero-order valence-electron chi connectivity index (χ0n) is 5.48. The van der Waals surface area contributed by atoms with Crippen molar-refractivity contribution in [3.8, 4) is 0 Å². The van der Waals surface area contributed by atoms with E-state index in [9.17, 15) is 4.79 Å². The van der Waals surface area contributed by atoms with Gasteiger partial charge in [0.1, 0.15) is 0 Å². The molecule has 52 valence electrons. The lowest BCUT2D eigenvalue weighted by atomic mass is 10.5. The lowest BCUT2D eigenvalue weighted by Crippen LogP contribution is -2.52. The van der Waals surface area contributed by atoms with Gasteiger partial charge in [-0.25, -0.2) is 0 Å². The van der Waals surface area contributed by atoms with Gasteiger partial charge in [-0.3, -0.25) is 15.4 Å². The highest BCUT2D eigenvalue weighted by molar-refractivity contribution is 5.73. The summed E-state index contributed by atoms with van der Waals surface area (Å²) in [5.41, 5.74) is 0. The van der Waals surface area contributed by atoms with Crippen LogP contribution >= 0.6 is 0 Å². The van der Waals surface area contributed by atoms with Crippen LogP contribution in [-0.2, 0) is 4.79 Å². The minimum atomic E-state index is 0.106. The molecule has 4 heteroatoms. The third-order valence-electron chi connectivity index (χ3n) is 1.30. The molecule has 1 saturated heterocycles. The van der Waals surface area contributed by atoms with E-state index in [1.54, 1.807) is 11.8 Å². The Bertz CT molecular complexity index is 109. The van der Waals surface area contributed by atoms with E-state index in [-0.39, 0.29) is 5.91 Å². The largest absolute Gasteiger partial charge is 0.317 e. The maximum Gasteiger partial charge on any atom is 0.221 e. The summed E-state index contributed by atoms with van der Waals surface area (Å²) in [5, 5.41) is 6.02. The second-order valence-electron chi connectivity index (χ2n) is 2.05. The first-order chi connectivity index (χ1) is 4.30. The molecule has 1 amide bonds. The summed E-state index contributed by atoms with van der Waals surface area (Å²) in [4.78, 5) is 12.3. The number of amides is 1. The molecule has 0 aliphatic carbocycles. The molecule has 0 unspecified atom stereocenters. The second-order valence-corrected chi connectivity index (χ2v) is 2.05. The topological polar surface area (TPSA) is 44.4 Å². The fourth-order valence-corrected chi connectivity index (χ4v) is 0.749. The first-order valence-corrected chi connectivity index (χ1v) is 2.97. The predicted octanol–water partition coefficient (Wildman–Crippen LogP) is -1.10. The first-order valence-electron chi connectivity index (χ1n) is 2.97. The molecule has 1 rings (SSSR count). The predicted molar refractivity (Wildman–Crippen MR) is 33.4 cm³/mol. The summed E-state index contributed by atoms with van der Waals surface area (Å²) >= 11 is 0. The molecule has 0 atom stereocenters. The van der Waals surface area contributed by atoms with E-state index in [1.807, 2.05) is 0 Å². The first kappa shape index (κ1) is 6.51. The molecular weight excluding hydrogens is 118 g/mol. The van der Waals surface area contributed by atoms with Gasteiger partial charge < -0.3 is 4.90 Å². The Kier molecular flexibility index (Phi) is 2.02. The molecule has 0 saturated carbocycles. The van der Waals surface area contributed by atoms with Crippen LogP contribution in [0.3, 0.4) is 0 Å². The Morgan fingerprint density at radius 2 is 2.00 bits per heavy atom. The lowest BCUT2D eigenvalue weighted by Gasteiger charge is -2.26. The van der Waals surface area contributed by atoms with Crippen LogP contribution in [0.2, 0.25) is 0 Å². The van der Waals surface area contributed by atoms with Crippen molar-refractivity contribution < 1.29 is 4.79 Å². The van der Waals surface area contributed by atoms with E-state index in [4.69, 9.17) is 0 Å². The lowest BCUT2D eigenvalue weighted by molar-refractivity contribution is -0.130. The van der Waals surface area contributed by atoms with E-state index >= 15 is 0 Å². The molecule has 0 spiro atoms. The van der Waals surface area contributed by atoms with Crippen molar-refractivity contribution in [2.24, 2.45) is 0 Å². The average molecular weight is 129 g/mol. The van der Waals surface area contributed by atoms with Crippen molar-refractivity contribution >= 4 is 5.91 Å². The van der Waals surface area contributed by atoms with E-state index < -0.39 is 0 Å². The van der Waals surface area contributed by atoms with Gasteiger partial charge in [0.2, 0.25) is 5.91 Å². The Balaban J connectivity index is 2.31. The third-order valence-corrected chi connectivity index (χ3v) is 1.30. The molecule has 2 N–H and O–H groups in total. The fraction of sp³-hybridized carbons (Fsp3) is 0.800. The zero-order chi connectivity index (χ0) is 6.69. The van der Waals surface area contributed by atoms with Crippen LogP contribution in [0.1, 0.15) is 6.92 Å². The van der Waals surface area contributed by atoms with Gasteiger partial charge in [-0.2, -0.15) is 0 Å². The standard InChI is InChI=1S/C5H11N3O/c1-5(9)8-3-6-2-7-4-8/h6-7H,2-4H2,1H3. The minimum Gasteiger partial charge on any atom is -0.317 e. The highest BCUT2D eigenvalue weighted by atomic mass is 16.2. The molecule has 1 aliphatic rings. The van der Waals surface area contributed by atoms with Gasteiger partial charge in [0.05, 0.1) is 13.3 Å². The molecule has 4 nitrogen and oxygen atoms in total. The Labute approximate surface area is 54.2 Å². The Hall–Kier alpha value is -0.610. The maximum atomic E-state index is 10.6. The van der Waals surface area contributed by atoms with E-state index in [2.05, 4.69) is 10.6 Å². The number of rotatable bonds is 0. The van der Waals surface area contributed by atoms with Gasteiger partial charge in [0.15, 0.2) is 0 Å². The van der Waals surface area contributed by atoms with Crippen molar-refractivity contribution in [1.82, 2.24) is 15.5 Å². The highest BCUT2D eigenvalue weighted by Crippen LogP contribution is 1.86. The molecule has 9 heavy (non-hydrogen) atoms. The number of nitrogens with one attached hydrogen (secondary N) is 2. The third kappa shape index (κ3) is 1.65. The molecule has 1 aliphatic heterocycles. The van der Waals surface area contributed by atoms with E-state index in [1.165, 1.54) is 0 Å². The Morgan fingerprint density at radius 3 is 2.33 bits per heavy atom. The van der Waals surface area contributed by atoms with Crippen LogP contribution in [0.15, 0.2) is 0 Å². The van der Waals surface area contributed by atoms with Crippen LogP contribution in [0.25, 0.3) is 0 Å². The number of carbonyl (C=O) groups excluding carboxylic acids is 1. The summed E-state index contributed by atoms with van der Waals surface area (Å²) in [6.45, 7) is 3.70. The average Bonchev–Trinajstić information content (AvgIpc) is 1.90. The molecule has 1 heterocycles. The maximum absolute atomic E-state index is 10.6. The van der Waals surface area contributed by atoms with Crippen LogP contribution in [-0.4, -0.2) is 30.8 Å². The van der Waals surface area contributed by atoms with Crippen LogP contribution in [0.4, 0.5) is 0 Å². The second kappa shape index (κ2) is 2.80. The van der Waals surface area contributed by atoms with E-state index in [0.29, 0.717) is 13.3 Å². The molecule has 1 fully saturated rings. The smallest absolute Gasteiger partial charge is 0.221 e. The molecule has 0 radical (unpaired) electrons. The molecule has 0 bridgehead atoms. The van der Waals surface area contributed by atoms with Crippen LogP contribution < -0.4 is 10.6 Å². The van der Waals surface area contributed by atoms with Gasteiger partial charge >= 0.3 is 0 Å². The van der Waals surface area contributed by atoms with Gasteiger partial charge in [0, 0.05) is 13.6 Å².